The van der Waals surface area contributed by atoms with E-state index in [1.165, 1.54) is 24.3 Å². The summed E-state index contributed by atoms with van der Waals surface area (Å²) in [6.45, 7) is 1.67. The number of rotatable bonds is 10. The van der Waals surface area contributed by atoms with E-state index >= 15 is 0 Å². The number of carboxylic acids is 2. The van der Waals surface area contributed by atoms with E-state index in [0.717, 1.165) is 5.56 Å². The van der Waals surface area contributed by atoms with Crippen molar-refractivity contribution in [3.8, 4) is 11.1 Å². The van der Waals surface area contributed by atoms with E-state index in [2.05, 4.69) is 0 Å². The fourth-order valence-electron chi connectivity index (χ4n) is 2.77. The Morgan fingerprint density at radius 3 is 2.00 bits per heavy atom. The molecule has 0 fully saturated rings. The van der Waals surface area contributed by atoms with Gasteiger partial charge in [-0.1, -0.05) is 49.2 Å². The van der Waals surface area contributed by atoms with Gasteiger partial charge < -0.3 is 14.9 Å². The van der Waals surface area contributed by atoms with Crippen LogP contribution in [0.2, 0.25) is 5.02 Å². The van der Waals surface area contributed by atoms with Crippen LogP contribution in [0.3, 0.4) is 0 Å². The second-order valence-corrected chi connectivity index (χ2v) is 9.00. The van der Waals surface area contributed by atoms with E-state index in [1.54, 1.807) is 24.3 Å². The highest BCUT2D eigenvalue weighted by Gasteiger charge is 2.42. The minimum absolute atomic E-state index is 0.0175. The van der Waals surface area contributed by atoms with Crippen LogP contribution < -0.4 is 0 Å². The number of carboxylic acid groups (broad SMARTS) is 2. The third-order valence-corrected chi connectivity index (χ3v) is 6.47. The summed E-state index contributed by atoms with van der Waals surface area (Å²) >= 11 is 5.87. The average molecular weight is 484 g/mol. The molecule has 2 aromatic carbocycles. The number of sulfonamides is 1. The van der Waals surface area contributed by atoms with Crippen LogP contribution in [0.25, 0.3) is 11.1 Å². The Morgan fingerprint density at radius 1 is 1.00 bits per heavy atom. The van der Waals surface area contributed by atoms with Gasteiger partial charge in [-0.15, -0.1) is 0 Å². The number of amides is 1. The highest BCUT2D eigenvalue weighted by atomic mass is 35.5. The molecule has 1 atom stereocenters. The molecular formula is C21H22ClNO8S. The van der Waals surface area contributed by atoms with Crippen molar-refractivity contribution < 1.29 is 37.8 Å². The Balaban J connectivity index is 2.45. The first-order valence-corrected chi connectivity index (χ1v) is 11.4. The van der Waals surface area contributed by atoms with E-state index in [9.17, 15) is 27.9 Å². The highest BCUT2D eigenvalue weighted by molar-refractivity contribution is 7.89. The monoisotopic (exact) mass is 483 g/mol. The van der Waals surface area contributed by atoms with E-state index in [-0.39, 0.29) is 15.8 Å². The van der Waals surface area contributed by atoms with Gasteiger partial charge in [-0.3, -0.25) is 4.79 Å². The van der Waals surface area contributed by atoms with Gasteiger partial charge in [0.05, 0.1) is 17.9 Å². The number of aliphatic carboxylic acids is 2. The second kappa shape index (κ2) is 11.0. The fraction of sp³-hybridized carbons (Fsp3) is 0.286. The molecule has 0 aliphatic heterocycles. The zero-order chi connectivity index (χ0) is 23.9. The molecule has 2 rings (SSSR count). The first-order chi connectivity index (χ1) is 15.1. The summed E-state index contributed by atoms with van der Waals surface area (Å²) < 4.78 is 31.2. The minimum Gasteiger partial charge on any atom is -0.481 e. The SMILES string of the molecule is CCCCOC(=O)N([C@H](CC(=O)O)C(=O)O)S(=O)(=O)c1ccc(-c2ccc(Cl)cc2)cc1. The summed E-state index contributed by atoms with van der Waals surface area (Å²) in [5.74, 6) is -3.38. The second-order valence-electron chi connectivity index (χ2n) is 6.75. The molecule has 0 aliphatic carbocycles. The number of carbonyl (C=O) groups excluding carboxylic acids is 1. The van der Waals surface area contributed by atoms with Crippen LogP contribution in [0.5, 0.6) is 0 Å². The molecule has 0 bridgehead atoms. The molecule has 2 aromatic rings. The maximum atomic E-state index is 13.2. The lowest BCUT2D eigenvalue weighted by molar-refractivity contribution is -0.147. The molecule has 0 saturated heterocycles. The maximum absolute atomic E-state index is 13.2. The summed E-state index contributed by atoms with van der Waals surface area (Å²) in [5, 5.41) is 19.0. The van der Waals surface area contributed by atoms with Crippen LogP contribution in [0, 0.1) is 0 Å². The van der Waals surface area contributed by atoms with Crippen molar-refractivity contribution in [2.75, 3.05) is 6.61 Å². The van der Waals surface area contributed by atoms with E-state index < -0.39 is 40.5 Å². The summed E-state index contributed by atoms with van der Waals surface area (Å²) in [6.07, 6.45) is -1.51. The maximum Gasteiger partial charge on any atom is 0.424 e. The van der Waals surface area contributed by atoms with Gasteiger partial charge in [0, 0.05) is 5.02 Å². The van der Waals surface area contributed by atoms with E-state index in [4.69, 9.17) is 21.4 Å². The largest absolute Gasteiger partial charge is 0.481 e. The molecule has 11 heteroatoms. The van der Waals surface area contributed by atoms with Crippen LogP contribution in [-0.2, 0) is 24.3 Å². The molecule has 0 unspecified atom stereocenters. The molecule has 9 nitrogen and oxygen atoms in total. The predicted molar refractivity (Wildman–Crippen MR) is 116 cm³/mol. The number of benzene rings is 2. The zero-order valence-electron chi connectivity index (χ0n) is 17.1. The fourth-order valence-corrected chi connectivity index (χ4v) is 4.35. The molecule has 0 aromatic heterocycles. The summed E-state index contributed by atoms with van der Waals surface area (Å²) in [6, 6.07) is 9.97. The van der Waals surface area contributed by atoms with E-state index in [0.29, 0.717) is 23.4 Å². The van der Waals surface area contributed by atoms with Crippen LogP contribution >= 0.6 is 11.6 Å². The Bertz CT molecular complexity index is 1070. The van der Waals surface area contributed by atoms with Crippen LogP contribution in [0.15, 0.2) is 53.4 Å². The highest BCUT2D eigenvalue weighted by Crippen LogP contribution is 2.26. The third kappa shape index (κ3) is 6.21. The number of hydrogen-bond donors (Lipinski definition) is 2. The Kier molecular flexibility index (Phi) is 8.62. The first-order valence-electron chi connectivity index (χ1n) is 9.59. The van der Waals surface area contributed by atoms with Crippen LogP contribution in [0.1, 0.15) is 26.2 Å². The predicted octanol–water partition coefficient (Wildman–Crippen LogP) is 3.86. The number of hydrogen-bond acceptors (Lipinski definition) is 6. The Morgan fingerprint density at radius 2 is 1.53 bits per heavy atom. The van der Waals surface area contributed by atoms with E-state index in [1.807, 2.05) is 6.92 Å². The molecule has 1 amide bonds. The summed E-state index contributed by atoms with van der Waals surface area (Å²) in [5.41, 5.74) is 1.40. The molecule has 0 spiro atoms. The molecule has 0 radical (unpaired) electrons. The number of nitrogens with zero attached hydrogens (tertiary/aromatic N) is 1. The number of unbranched alkanes of at least 4 members (excludes halogenated alkanes) is 1. The lowest BCUT2D eigenvalue weighted by atomic mass is 10.1. The van der Waals surface area contributed by atoms with Crippen molar-refractivity contribution in [2.45, 2.75) is 37.1 Å². The third-order valence-electron chi connectivity index (χ3n) is 4.43. The van der Waals surface area contributed by atoms with Gasteiger partial charge in [0.1, 0.15) is 0 Å². The first kappa shape index (κ1) is 25.2. The van der Waals surface area contributed by atoms with Crippen molar-refractivity contribution >= 4 is 39.7 Å². The van der Waals surface area contributed by atoms with Crippen molar-refractivity contribution in [3.05, 3.63) is 53.6 Å². The normalized spacial score (nSPS) is 12.1. The molecule has 0 aliphatic rings. The Labute approximate surface area is 190 Å². The number of halogens is 1. The van der Waals surface area contributed by atoms with Gasteiger partial charge in [-0.25, -0.2) is 18.0 Å². The van der Waals surface area contributed by atoms with Crippen molar-refractivity contribution in [1.29, 1.82) is 0 Å². The molecule has 2 N–H and O–H groups in total. The average Bonchev–Trinajstić information content (AvgIpc) is 2.73. The van der Waals surface area contributed by atoms with Gasteiger partial charge in [0.2, 0.25) is 0 Å². The van der Waals surface area contributed by atoms with Gasteiger partial charge in [-0.2, -0.15) is 4.31 Å². The number of ether oxygens (including phenoxy) is 1. The zero-order valence-corrected chi connectivity index (χ0v) is 18.7. The number of carbonyl (C=O) groups is 3. The van der Waals surface area contributed by atoms with Crippen molar-refractivity contribution in [1.82, 2.24) is 4.31 Å². The smallest absolute Gasteiger partial charge is 0.424 e. The topological polar surface area (TPSA) is 138 Å². The van der Waals surface area contributed by atoms with Gasteiger partial charge in [-0.05, 0) is 41.8 Å². The standard InChI is InChI=1S/C21H22ClNO8S/c1-2-3-12-31-21(28)23(18(20(26)27)13-19(24)25)32(29,30)17-10-6-15(7-11-17)14-4-8-16(22)9-5-14/h4-11,18H,2-3,12-13H2,1H3,(H,24,25)(H,26,27)/t18-/m1/s1. The molecule has 172 valence electrons. The molecule has 32 heavy (non-hydrogen) atoms. The summed E-state index contributed by atoms with van der Waals surface area (Å²) in [4.78, 5) is 35.0. The minimum atomic E-state index is -4.74. The molecular weight excluding hydrogens is 462 g/mol. The van der Waals surface area contributed by atoms with Gasteiger partial charge in [0.15, 0.2) is 6.04 Å². The van der Waals surface area contributed by atoms with Crippen molar-refractivity contribution in [2.24, 2.45) is 0 Å². The van der Waals surface area contributed by atoms with Crippen molar-refractivity contribution in [3.63, 3.8) is 0 Å². The van der Waals surface area contributed by atoms with Crippen LogP contribution in [0.4, 0.5) is 4.79 Å². The molecule has 0 heterocycles. The Hall–Kier alpha value is -3.11. The lowest BCUT2D eigenvalue weighted by Gasteiger charge is -2.26. The van der Waals surface area contributed by atoms with Gasteiger partial charge in [0.25, 0.3) is 10.0 Å². The lowest BCUT2D eigenvalue weighted by Crippen LogP contribution is -2.49. The van der Waals surface area contributed by atoms with Crippen LogP contribution in [-0.4, -0.2) is 53.6 Å². The quantitative estimate of drug-likeness (QED) is 0.485. The molecule has 0 saturated carbocycles. The summed E-state index contributed by atoms with van der Waals surface area (Å²) in [7, 11) is -4.74. The van der Waals surface area contributed by atoms with Gasteiger partial charge >= 0.3 is 18.0 Å².